The highest BCUT2D eigenvalue weighted by atomic mass is 35.5. The number of ether oxygens (including phenoxy) is 1. The summed E-state index contributed by atoms with van der Waals surface area (Å²) in [4.78, 5) is 26.7. The highest BCUT2D eigenvalue weighted by molar-refractivity contribution is 7.89. The number of sulfonamides is 1. The van der Waals surface area contributed by atoms with Crippen LogP contribution in [0, 0.1) is 5.92 Å². The Morgan fingerprint density at radius 3 is 2.47 bits per heavy atom. The molecular weight excluding hydrogens is 478 g/mol. The van der Waals surface area contributed by atoms with Gasteiger partial charge in [-0.2, -0.15) is 4.31 Å². The van der Waals surface area contributed by atoms with Gasteiger partial charge in [0.05, 0.1) is 17.7 Å². The van der Waals surface area contributed by atoms with E-state index in [1.54, 1.807) is 41.3 Å². The third-order valence-corrected chi connectivity index (χ3v) is 8.62. The van der Waals surface area contributed by atoms with Crippen molar-refractivity contribution >= 4 is 44.8 Å². The zero-order chi connectivity index (χ0) is 24.6. The van der Waals surface area contributed by atoms with Crippen molar-refractivity contribution in [1.29, 1.82) is 0 Å². The molecule has 0 spiro atoms. The Morgan fingerprint density at radius 1 is 1.12 bits per heavy atom. The first-order valence-electron chi connectivity index (χ1n) is 11.2. The number of hydrogen-bond acceptors (Lipinski definition) is 5. The standard InChI is InChI=1S/C24H28ClN3O5S/c1-15-12-18-13-20(5-6-22(18)28(15)16(2)29)34(31,32)27-10-8-17(9-11-27)24(30)26-21-14-19(25)4-7-23(21)33-3/h4-7,13-15,17H,8-12H2,1-3H3,(H,26,30). The molecule has 2 aliphatic heterocycles. The van der Waals surface area contributed by atoms with Crippen LogP contribution in [0.3, 0.4) is 0 Å². The molecule has 0 saturated carbocycles. The number of nitrogens with zero attached hydrogens (tertiary/aromatic N) is 2. The van der Waals surface area contributed by atoms with Crippen LogP contribution in [0.15, 0.2) is 41.3 Å². The van der Waals surface area contributed by atoms with Crippen LogP contribution in [0.2, 0.25) is 5.02 Å². The van der Waals surface area contributed by atoms with Crippen molar-refractivity contribution in [2.24, 2.45) is 5.92 Å². The lowest BCUT2D eigenvalue weighted by Crippen LogP contribution is -2.41. The Balaban J connectivity index is 1.43. The molecule has 1 atom stereocenters. The Kier molecular flexibility index (Phi) is 6.89. The van der Waals surface area contributed by atoms with Crippen LogP contribution in [0.25, 0.3) is 0 Å². The molecule has 0 radical (unpaired) electrons. The molecule has 10 heteroatoms. The fourth-order valence-corrected chi connectivity index (χ4v) is 6.46. The molecule has 0 aliphatic carbocycles. The normalized spacial score (nSPS) is 19.1. The minimum Gasteiger partial charge on any atom is -0.495 e. The lowest BCUT2D eigenvalue weighted by Gasteiger charge is -2.30. The van der Waals surface area contributed by atoms with E-state index in [0.717, 1.165) is 11.3 Å². The summed E-state index contributed by atoms with van der Waals surface area (Å²) in [6.45, 7) is 3.96. The smallest absolute Gasteiger partial charge is 0.243 e. The van der Waals surface area contributed by atoms with E-state index in [9.17, 15) is 18.0 Å². The van der Waals surface area contributed by atoms with Crippen molar-refractivity contribution in [1.82, 2.24) is 4.31 Å². The van der Waals surface area contributed by atoms with Crippen LogP contribution in [-0.2, 0) is 26.0 Å². The molecule has 4 rings (SSSR count). The Labute approximate surface area is 204 Å². The molecule has 182 valence electrons. The number of hydrogen-bond donors (Lipinski definition) is 1. The maximum atomic E-state index is 13.3. The van der Waals surface area contributed by atoms with Crippen LogP contribution in [-0.4, -0.2) is 50.8 Å². The van der Waals surface area contributed by atoms with Crippen molar-refractivity contribution in [3.63, 3.8) is 0 Å². The third-order valence-electron chi connectivity index (χ3n) is 6.49. The molecule has 2 heterocycles. The molecule has 0 bridgehead atoms. The van der Waals surface area contributed by atoms with Gasteiger partial charge in [0.2, 0.25) is 21.8 Å². The monoisotopic (exact) mass is 505 g/mol. The van der Waals surface area contributed by atoms with Crippen molar-refractivity contribution < 1.29 is 22.7 Å². The van der Waals surface area contributed by atoms with Gasteiger partial charge in [0.1, 0.15) is 5.75 Å². The lowest BCUT2D eigenvalue weighted by molar-refractivity contribution is -0.121. The second-order valence-electron chi connectivity index (χ2n) is 8.74. The van der Waals surface area contributed by atoms with E-state index >= 15 is 0 Å². The molecule has 1 N–H and O–H groups in total. The van der Waals surface area contributed by atoms with E-state index in [1.165, 1.54) is 18.3 Å². The van der Waals surface area contributed by atoms with E-state index in [-0.39, 0.29) is 41.8 Å². The van der Waals surface area contributed by atoms with Gasteiger partial charge >= 0.3 is 0 Å². The fourth-order valence-electron chi connectivity index (χ4n) is 4.77. The second kappa shape index (κ2) is 9.56. The quantitative estimate of drug-likeness (QED) is 0.668. The lowest BCUT2D eigenvalue weighted by atomic mass is 9.97. The van der Waals surface area contributed by atoms with Gasteiger partial charge in [0, 0.05) is 42.7 Å². The van der Waals surface area contributed by atoms with Crippen LogP contribution in [0.4, 0.5) is 11.4 Å². The number of benzene rings is 2. The molecule has 1 saturated heterocycles. The first-order valence-corrected chi connectivity index (χ1v) is 13.0. The molecule has 2 aromatic carbocycles. The Morgan fingerprint density at radius 2 is 1.82 bits per heavy atom. The third kappa shape index (κ3) is 4.64. The van der Waals surface area contributed by atoms with Crippen molar-refractivity contribution in [2.45, 2.75) is 44.0 Å². The van der Waals surface area contributed by atoms with E-state index in [0.29, 0.717) is 35.7 Å². The van der Waals surface area contributed by atoms with Crippen molar-refractivity contribution in [3.05, 3.63) is 47.0 Å². The summed E-state index contributed by atoms with van der Waals surface area (Å²) in [7, 11) is -2.19. The van der Waals surface area contributed by atoms with E-state index in [1.807, 2.05) is 6.92 Å². The highest BCUT2D eigenvalue weighted by Crippen LogP contribution is 2.35. The predicted molar refractivity (Wildman–Crippen MR) is 131 cm³/mol. The summed E-state index contributed by atoms with van der Waals surface area (Å²) in [5.41, 5.74) is 2.11. The summed E-state index contributed by atoms with van der Waals surface area (Å²) in [6, 6.07) is 9.93. The maximum absolute atomic E-state index is 13.3. The first kappa shape index (κ1) is 24.5. The SMILES string of the molecule is COc1ccc(Cl)cc1NC(=O)C1CCN(S(=O)(=O)c2ccc3c(c2)CC(C)N3C(C)=O)CC1. The molecule has 0 aromatic heterocycles. The predicted octanol–water partition coefficient (Wildman–Crippen LogP) is 3.69. The zero-order valence-corrected chi connectivity index (χ0v) is 20.9. The van der Waals surface area contributed by atoms with Gasteiger partial charge in [0.15, 0.2) is 0 Å². The average Bonchev–Trinajstić information content (AvgIpc) is 3.14. The average molecular weight is 506 g/mol. The van der Waals surface area contributed by atoms with Crippen LogP contribution < -0.4 is 15.0 Å². The number of piperidine rings is 1. The van der Waals surface area contributed by atoms with E-state index in [4.69, 9.17) is 16.3 Å². The fraction of sp³-hybridized carbons (Fsp3) is 0.417. The second-order valence-corrected chi connectivity index (χ2v) is 11.1. The Hall–Kier alpha value is -2.62. The first-order chi connectivity index (χ1) is 16.1. The largest absolute Gasteiger partial charge is 0.495 e. The number of rotatable bonds is 5. The van der Waals surface area contributed by atoms with E-state index in [2.05, 4.69) is 5.32 Å². The van der Waals surface area contributed by atoms with Gasteiger partial charge in [-0.05, 0) is 68.1 Å². The van der Waals surface area contributed by atoms with Crippen LogP contribution in [0.1, 0.15) is 32.3 Å². The number of anilines is 2. The number of amides is 2. The minimum atomic E-state index is -3.70. The van der Waals surface area contributed by atoms with Crippen LogP contribution >= 0.6 is 11.6 Å². The highest BCUT2D eigenvalue weighted by Gasteiger charge is 2.34. The van der Waals surface area contributed by atoms with Crippen molar-refractivity contribution in [3.8, 4) is 5.75 Å². The van der Waals surface area contributed by atoms with Gasteiger partial charge in [-0.25, -0.2) is 8.42 Å². The number of fused-ring (bicyclic) bond motifs is 1. The van der Waals surface area contributed by atoms with Gasteiger partial charge in [-0.3, -0.25) is 9.59 Å². The number of carbonyl (C=O) groups is 2. The molecule has 1 unspecified atom stereocenters. The molecular formula is C24H28ClN3O5S. The molecule has 1 fully saturated rings. The number of carbonyl (C=O) groups excluding carboxylic acids is 2. The zero-order valence-electron chi connectivity index (χ0n) is 19.4. The van der Waals surface area contributed by atoms with Gasteiger partial charge < -0.3 is 15.0 Å². The molecule has 2 aliphatic rings. The van der Waals surface area contributed by atoms with E-state index < -0.39 is 10.0 Å². The molecule has 2 aromatic rings. The van der Waals surface area contributed by atoms with Gasteiger partial charge in [-0.15, -0.1) is 0 Å². The summed E-state index contributed by atoms with van der Waals surface area (Å²) in [5, 5.41) is 3.33. The molecule has 34 heavy (non-hydrogen) atoms. The number of methoxy groups -OCH3 is 1. The maximum Gasteiger partial charge on any atom is 0.243 e. The topological polar surface area (TPSA) is 96.0 Å². The summed E-state index contributed by atoms with van der Waals surface area (Å²) >= 11 is 6.04. The molecule has 2 amide bonds. The minimum absolute atomic E-state index is 0.00201. The summed E-state index contributed by atoms with van der Waals surface area (Å²) < 4.78 is 33.3. The number of halogens is 1. The summed E-state index contributed by atoms with van der Waals surface area (Å²) in [5.74, 6) is -0.0572. The van der Waals surface area contributed by atoms with Crippen LogP contribution in [0.5, 0.6) is 5.75 Å². The number of nitrogens with one attached hydrogen (secondary N) is 1. The summed E-state index contributed by atoms with van der Waals surface area (Å²) in [6.07, 6.45) is 1.44. The van der Waals surface area contributed by atoms with Crippen molar-refractivity contribution in [2.75, 3.05) is 30.4 Å². The van der Waals surface area contributed by atoms with Gasteiger partial charge in [-0.1, -0.05) is 11.6 Å². The van der Waals surface area contributed by atoms with Gasteiger partial charge in [0.25, 0.3) is 0 Å². The molecule has 8 nitrogen and oxygen atoms in total. The Bertz CT molecular complexity index is 1230.